The highest BCUT2D eigenvalue weighted by atomic mass is 15.3. The number of pyridine rings is 1. The van der Waals surface area contributed by atoms with Crippen LogP contribution in [0.4, 0.5) is 0 Å². The highest BCUT2D eigenvalue weighted by molar-refractivity contribution is 5.25. The van der Waals surface area contributed by atoms with Crippen LogP contribution in [0.5, 0.6) is 0 Å². The molecular formula is C12H17N5. The summed E-state index contributed by atoms with van der Waals surface area (Å²) in [5.41, 5.74) is 9.25. The Morgan fingerprint density at radius 1 is 1.35 bits per heavy atom. The first-order valence-corrected chi connectivity index (χ1v) is 5.60. The molecule has 0 spiro atoms. The maximum Gasteiger partial charge on any atom is 0.138 e. The van der Waals surface area contributed by atoms with Crippen molar-refractivity contribution in [2.75, 3.05) is 0 Å². The highest BCUT2D eigenvalue weighted by Crippen LogP contribution is 2.17. The van der Waals surface area contributed by atoms with Crippen LogP contribution >= 0.6 is 0 Å². The van der Waals surface area contributed by atoms with E-state index in [1.54, 1.807) is 11.0 Å². The zero-order valence-electron chi connectivity index (χ0n) is 10.4. The molecule has 1 atom stereocenters. The molecule has 0 aliphatic rings. The predicted octanol–water partition coefficient (Wildman–Crippen LogP) is 1.07. The van der Waals surface area contributed by atoms with Gasteiger partial charge in [-0.15, -0.1) is 0 Å². The van der Waals surface area contributed by atoms with Crippen molar-refractivity contribution in [2.45, 2.75) is 26.3 Å². The fourth-order valence-corrected chi connectivity index (χ4v) is 1.90. The van der Waals surface area contributed by atoms with Crippen molar-refractivity contribution < 1.29 is 0 Å². The van der Waals surface area contributed by atoms with E-state index in [1.165, 1.54) is 0 Å². The minimum absolute atomic E-state index is 0.0917. The summed E-state index contributed by atoms with van der Waals surface area (Å²) >= 11 is 0. The molecule has 0 fully saturated rings. The first-order chi connectivity index (χ1) is 8.08. The SMILES string of the molecule is Cc1ccc(C(N)Cc2ncnn2C)c(C)n1. The number of hydrogen-bond donors (Lipinski definition) is 1. The van der Waals surface area contributed by atoms with E-state index in [0.717, 1.165) is 22.8 Å². The zero-order valence-corrected chi connectivity index (χ0v) is 10.4. The molecule has 0 bridgehead atoms. The van der Waals surface area contributed by atoms with Gasteiger partial charge in [0.1, 0.15) is 12.2 Å². The second-order valence-electron chi connectivity index (χ2n) is 4.24. The van der Waals surface area contributed by atoms with Gasteiger partial charge in [-0.25, -0.2) is 4.98 Å². The Labute approximate surface area is 101 Å². The number of aryl methyl sites for hydroxylation is 3. The molecule has 0 aliphatic carbocycles. The average Bonchev–Trinajstić information content (AvgIpc) is 2.64. The summed E-state index contributed by atoms with van der Waals surface area (Å²) in [6.07, 6.45) is 2.21. The second kappa shape index (κ2) is 4.63. The Balaban J connectivity index is 2.20. The molecule has 2 heterocycles. The third-order valence-electron chi connectivity index (χ3n) is 2.87. The van der Waals surface area contributed by atoms with E-state index in [-0.39, 0.29) is 6.04 Å². The van der Waals surface area contributed by atoms with E-state index in [9.17, 15) is 0 Å². The molecule has 2 rings (SSSR count). The maximum absolute atomic E-state index is 6.18. The normalized spacial score (nSPS) is 12.7. The number of aromatic nitrogens is 4. The van der Waals surface area contributed by atoms with Gasteiger partial charge in [-0.3, -0.25) is 9.67 Å². The monoisotopic (exact) mass is 231 g/mol. The van der Waals surface area contributed by atoms with E-state index in [2.05, 4.69) is 15.1 Å². The Morgan fingerprint density at radius 2 is 2.12 bits per heavy atom. The molecule has 5 nitrogen and oxygen atoms in total. The quantitative estimate of drug-likeness (QED) is 0.857. The molecule has 2 N–H and O–H groups in total. The Hall–Kier alpha value is -1.75. The molecule has 0 radical (unpaired) electrons. The van der Waals surface area contributed by atoms with Gasteiger partial charge < -0.3 is 5.73 Å². The van der Waals surface area contributed by atoms with Crippen LogP contribution in [0.1, 0.15) is 28.8 Å². The molecule has 0 saturated heterocycles. The Bertz CT molecular complexity index is 517. The number of rotatable bonds is 3. The molecule has 2 aromatic rings. The molecule has 2 aromatic heterocycles. The van der Waals surface area contributed by atoms with Gasteiger partial charge in [0.2, 0.25) is 0 Å². The lowest BCUT2D eigenvalue weighted by atomic mass is 10.0. The van der Waals surface area contributed by atoms with Crippen molar-refractivity contribution in [3.8, 4) is 0 Å². The average molecular weight is 231 g/mol. The third-order valence-corrected chi connectivity index (χ3v) is 2.87. The van der Waals surface area contributed by atoms with Gasteiger partial charge in [0, 0.05) is 30.9 Å². The van der Waals surface area contributed by atoms with Crippen molar-refractivity contribution in [1.29, 1.82) is 0 Å². The zero-order chi connectivity index (χ0) is 12.4. The van der Waals surface area contributed by atoms with Crippen molar-refractivity contribution in [2.24, 2.45) is 12.8 Å². The smallest absolute Gasteiger partial charge is 0.138 e. The highest BCUT2D eigenvalue weighted by Gasteiger charge is 2.13. The molecule has 17 heavy (non-hydrogen) atoms. The first kappa shape index (κ1) is 11.7. The molecule has 0 aromatic carbocycles. The maximum atomic E-state index is 6.18. The molecule has 0 amide bonds. The summed E-state index contributed by atoms with van der Waals surface area (Å²) in [5.74, 6) is 0.887. The van der Waals surface area contributed by atoms with Crippen LogP contribution in [0.25, 0.3) is 0 Å². The Morgan fingerprint density at radius 3 is 2.71 bits per heavy atom. The second-order valence-corrected chi connectivity index (χ2v) is 4.24. The van der Waals surface area contributed by atoms with Crippen LogP contribution in [0.2, 0.25) is 0 Å². The predicted molar refractivity (Wildman–Crippen MR) is 65.3 cm³/mol. The molecule has 5 heteroatoms. The van der Waals surface area contributed by atoms with Crippen LogP contribution in [0.3, 0.4) is 0 Å². The van der Waals surface area contributed by atoms with Crippen molar-refractivity contribution >= 4 is 0 Å². The summed E-state index contributed by atoms with van der Waals surface area (Å²) in [6.45, 7) is 3.96. The minimum Gasteiger partial charge on any atom is -0.324 e. The molecule has 1 unspecified atom stereocenters. The van der Waals surface area contributed by atoms with E-state index in [1.807, 2.05) is 33.0 Å². The van der Waals surface area contributed by atoms with Gasteiger partial charge in [0.15, 0.2) is 0 Å². The largest absolute Gasteiger partial charge is 0.324 e. The number of hydrogen-bond acceptors (Lipinski definition) is 4. The third kappa shape index (κ3) is 2.50. The fraction of sp³-hybridized carbons (Fsp3) is 0.417. The summed E-state index contributed by atoms with van der Waals surface area (Å²) in [7, 11) is 1.87. The van der Waals surface area contributed by atoms with Gasteiger partial charge in [-0.05, 0) is 25.5 Å². The van der Waals surface area contributed by atoms with E-state index in [0.29, 0.717) is 6.42 Å². The number of nitrogens with two attached hydrogens (primary N) is 1. The topological polar surface area (TPSA) is 69.6 Å². The fourth-order valence-electron chi connectivity index (χ4n) is 1.90. The lowest BCUT2D eigenvalue weighted by molar-refractivity contribution is 0.625. The van der Waals surface area contributed by atoms with E-state index >= 15 is 0 Å². The molecule has 0 saturated carbocycles. The first-order valence-electron chi connectivity index (χ1n) is 5.60. The van der Waals surface area contributed by atoms with Crippen LogP contribution in [-0.2, 0) is 13.5 Å². The summed E-state index contributed by atoms with van der Waals surface area (Å²) in [5, 5.41) is 4.03. The molecular weight excluding hydrogens is 214 g/mol. The lowest BCUT2D eigenvalue weighted by Gasteiger charge is -2.13. The van der Waals surface area contributed by atoms with Crippen LogP contribution in [0, 0.1) is 13.8 Å². The van der Waals surface area contributed by atoms with Crippen LogP contribution in [0.15, 0.2) is 18.5 Å². The summed E-state index contributed by atoms with van der Waals surface area (Å²) in [6, 6.07) is 3.93. The van der Waals surface area contributed by atoms with Gasteiger partial charge in [-0.1, -0.05) is 6.07 Å². The van der Waals surface area contributed by atoms with Crippen LogP contribution in [-0.4, -0.2) is 19.7 Å². The van der Waals surface area contributed by atoms with Gasteiger partial charge in [0.25, 0.3) is 0 Å². The van der Waals surface area contributed by atoms with Crippen molar-refractivity contribution in [3.05, 3.63) is 41.2 Å². The van der Waals surface area contributed by atoms with Crippen molar-refractivity contribution in [3.63, 3.8) is 0 Å². The molecule has 90 valence electrons. The van der Waals surface area contributed by atoms with Crippen LogP contribution < -0.4 is 5.73 Å². The standard InChI is InChI=1S/C12H17N5/c1-8-4-5-10(9(2)16-8)11(13)6-12-14-7-15-17(12)3/h4-5,7,11H,6,13H2,1-3H3. The van der Waals surface area contributed by atoms with E-state index < -0.39 is 0 Å². The Kier molecular flexibility index (Phi) is 3.19. The van der Waals surface area contributed by atoms with E-state index in [4.69, 9.17) is 5.73 Å². The minimum atomic E-state index is -0.0917. The van der Waals surface area contributed by atoms with Gasteiger partial charge in [-0.2, -0.15) is 5.10 Å². The lowest BCUT2D eigenvalue weighted by Crippen LogP contribution is -2.17. The van der Waals surface area contributed by atoms with Crippen molar-refractivity contribution in [1.82, 2.24) is 19.7 Å². The van der Waals surface area contributed by atoms with Gasteiger partial charge >= 0.3 is 0 Å². The summed E-state index contributed by atoms with van der Waals surface area (Å²) < 4.78 is 1.75. The number of nitrogens with zero attached hydrogens (tertiary/aromatic N) is 4. The summed E-state index contributed by atoms with van der Waals surface area (Å²) in [4.78, 5) is 8.60. The molecule has 0 aliphatic heterocycles. The van der Waals surface area contributed by atoms with Gasteiger partial charge in [0.05, 0.1) is 0 Å².